The number of halogens is 1. The van der Waals surface area contributed by atoms with Gasteiger partial charge in [-0.05, 0) is 26.8 Å². The number of rotatable bonds is 2. The van der Waals surface area contributed by atoms with Crippen molar-refractivity contribution in [2.75, 3.05) is 12.4 Å². The molecule has 0 aliphatic heterocycles. The fourth-order valence-electron chi connectivity index (χ4n) is 1.08. The molecular weight excluding hydrogens is 244 g/mol. The van der Waals surface area contributed by atoms with Gasteiger partial charge in [0.1, 0.15) is 10.6 Å². The van der Waals surface area contributed by atoms with Gasteiger partial charge in [0.25, 0.3) is 0 Å². The van der Waals surface area contributed by atoms with Gasteiger partial charge in [-0.25, -0.2) is 9.78 Å². The minimum atomic E-state index is -0.576. The number of ether oxygens (including phenoxy) is 2. The standard InChI is InChI=1S/C11H15ClN2O3/c1-11(2,3)17-10(15)14-7-5-6-13-9(16-4)8(7)12/h5-6H,1-4H3,(H,13,14,15). The van der Waals surface area contributed by atoms with E-state index in [1.165, 1.54) is 13.3 Å². The summed E-state index contributed by atoms with van der Waals surface area (Å²) in [5, 5.41) is 2.77. The van der Waals surface area contributed by atoms with Crippen LogP contribution in [0.15, 0.2) is 12.3 Å². The molecule has 17 heavy (non-hydrogen) atoms. The van der Waals surface area contributed by atoms with E-state index in [0.29, 0.717) is 5.69 Å². The molecule has 1 aromatic rings. The lowest BCUT2D eigenvalue weighted by Crippen LogP contribution is -2.27. The van der Waals surface area contributed by atoms with Crippen molar-refractivity contribution in [3.63, 3.8) is 0 Å². The van der Waals surface area contributed by atoms with Gasteiger partial charge < -0.3 is 9.47 Å². The molecule has 0 aromatic carbocycles. The molecule has 5 nitrogen and oxygen atoms in total. The van der Waals surface area contributed by atoms with Crippen LogP contribution in [0.2, 0.25) is 5.02 Å². The van der Waals surface area contributed by atoms with E-state index in [1.54, 1.807) is 26.8 Å². The van der Waals surface area contributed by atoms with Gasteiger partial charge in [-0.1, -0.05) is 11.6 Å². The summed E-state index contributed by atoms with van der Waals surface area (Å²) in [6, 6.07) is 1.56. The molecule has 0 radical (unpaired) electrons. The lowest BCUT2D eigenvalue weighted by atomic mass is 10.2. The first-order valence-electron chi connectivity index (χ1n) is 5.02. The van der Waals surface area contributed by atoms with Crippen molar-refractivity contribution >= 4 is 23.4 Å². The number of carbonyl (C=O) groups is 1. The third-order valence-electron chi connectivity index (χ3n) is 1.69. The van der Waals surface area contributed by atoms with E-state index in [0.717, 1.165) is 0 Å². The van der Waals surface area contributed by atoms with Gasteiger partial charge in [-0.2, -0.15) is 0 Å². The zero-order valence-corrected chi connectivity index (χ0v) is 11.0. The number of anilines is 1. The zero-order valence-electron chi connectivity index (χ0n) is 10.2. The fraction of sp³-hybridized carbons (Fsp3) is 0.455. The molecule has 0 bridgehead atoms. The van der Waals surface area contributed by atoms with Crippen LogP contribution in [0.5, 0.6) is 5.88 Å². The Labute approximate surface area is 105 Å². The first-order chi connectivity index (χ1) is 7.83. The van der Waals surface area contributed by atoms with Crippen molar-refractivity contribution in [3.8, 4) is 5.88 Å². The van der Waals surface area contributed by atoms with Crippen molar-refractivity contribution in [2.24, 2.45) is 0 Å². The van der Waals surface area contributed by atoms with E-state index in [2.05, 4.69) is 10.3 Å². The summed E-state index contributed by atoms with van der Waals surface area (Å²) in [4.78, 5) is 15.4. The van der Waals surface area contributed by atoms with E-state index in [-0.39, 0.29) is 10.9 Å². The molecule has 1 amide bonds. The third-order valence-corrected chi connectivity index (χ3v) is 2.05. The Balaban J connectivity index is 2.79. The number of methoxy groups -OCH3 is 1. The van der Waals surface area contributed by atoms with Crippen LogP contribution in [-0.4, -0.2) is 23.8 Å². The molecule has 0 unspecified atom stereocenters. The van der Waals surface area contributed by atoms with Crippen LogP contribution in [-0.2, 0) is 4.74 Å². The SMILES string of the molecule is COc1nccc(NC(=O)OC(C)(C)C)c1Cl. The zero-order chi connectivity index (χ0) is 13.1. The van der Waals surface area contributed by atoms with Crippen LogP contribution < -0.4 is 10.1 Å². The molecule has 0 aliphatic carbocycles. The third kappa shape index (κ3) is 4.11. The maximum Gasteiger partial charge on any atom is 0.412 e. The minimum absolute atomic E-state index is 0.237. The van der Waals surface area contributed by atoms with Gasteiger partial charge in [0.15, 0.2) is 0 Å². The summed E-state index contributed by atoms with van der Waals surface area (Å²) in [6.45, 7) is 5.34. The second-order valence-electron chi connectivity index (χ2n) is 4.31. The van der Waals surface area contributed by atoms with Gasteiger partial charge in [0.2, 0.25) is 5.88 Å². The van der Waals surface area contributed by atoms with Crippen LogP contribution in [0.3, 0.4) is 0 Å². The normalized spacial score (nSPS) is 10.9. The van der Waals surface area contributed by atoms with Gasteiger partial charge in [0, 0.05) is 6.20 Å². The van der Waals surface area contributed by atoms with Crippen LogP contribution >= 0.6 is 11.6 Å². The second-order valence-corrected chi connectivity index (χ2v) is 4.69. The average Bonchev–Trinajstić information content (AvgIpc) is 2.18. The summed E-state index contributed by atoms with van der Waals surface area (Å²) in [7, 11) is 1.45. The summed E-state index contributed by atoms with van der Waals surface area (Å²) < 4.78 is 10.0. The number of amides is 1. The van der Waals surface area contributed by atoms with Gasteiger partial charge >= 0.3 is 6.09 Å². The smallest absolute Gasteiger partial charge is 0.412 e. The van der Waals surface area contributed by atoms with Crippen LogP contribution in [0.4, 0.5) is 10.5 Å². The number of nitrogens with zero attached hydrogens (tertiary/aromatic N) is 1. The number of hydrogen-bond donors (Lipinski definition) is 1. The Morgan fingerprint density at radius 3 is 2.65 bits per heavy atom. The molecule has 0 spiro atoms. The second kappa shape index (κ2) is 5.23. The number of pyridine rings is 1. The van der Waals surface area contributed by atoms with E-state index in [4.69, 9.17) is 21.1 Å². The van der Waals surface area contributed by atoms with Crippen LogP contribution in [0, 0.1) is 0 Å². The minimum Gasteiger partial charge on any atom is -0.480 e. The Morgan fingerprint density at radius 1 is 1.47 bits per heavy atom. The van der Waals surface area contributed by atoms with Crippen molar-refractivity contribution in [3.05, 3.63) is 17.3 Å². The average molecular weight is 259 g/mol. The van der Waals surface area contributed by atoms with Crippen molar-refractivity contribution < 1.29 is 14.3 Å². The topological polar surface area (TPSA) is 60.5 Å². The predicted molar refractivity (Wildman–Crippen MR) is 65.7 cm³/mol. The highest BCUT2D eigenvalue weighted by Crippen LogP contribution is 2.29. The van der Waals surface area contributed by atoms with Gasteiger partial charge in [-0.15, -0.1) is 0 Å². The van der Waals surface area contributed by atoms with Crippen molar-refractivity contribution in [2.45, 2.75) is 26.4 Å². The van der Waals surface area contributed by atoms with Gasteiger partial charge in [-0.3, -0.25) is 5.32 Å². The lowest BCUT2D eigenvalue weighted by molar-refractivity contribution is 0.0636. The highest BCUT2D eigenvalue weighted by atomic mass is 35.5. The summed E-state index contributed by atoms with van der Waals surface area (Å²) in [6.07, 6.45) is 0.907. The Morgan fingerprint density at radius 2 is 2.12 bits per heavy atom. The molecule has 0 fully saturated rings. The van der Waals surface area contributed by atoms with E-state index >= 15 is 0 Å². The molecule has 94 valence electrons. The summed E-state index contributed by atoms with van der Waals surface area (Å²) in [5.74, 6) is 0.250. The number of nitrogens with one attached hydrogen (secondary N) is 1. The van der Waals surface area contributed by atoms with Crippen molar-refractivity contribution in [1.82, 2.24) is 4.98 Å². The first kappa shape index (κ1) is 13.6. The highest BCUT2D eigenvalue weighted by molar-refractivity contribution is 6.34. The lowest BCUT2D eigenvalue weighted by Gasteiger charge is -2.20. The van der Waals surface area contributed by atoms with E-state index in [1.807, 2.05) is 0 Å². The maximum atomic E-state index is 11.5. The molecule has 0 saturated heterocycles. The predicted octanol–water partition coefficient (Wildman–Crippen LogP) is 3.09. The van der Waals surface area contributed by atoms with Crippen LogP contribution in [0.25, 0.3) is 0 Å². The first-order valence-corrected chi connectivity index (χ1v) is 5.40. The molecular formula is C11H15ClN2O3. The quantitative estimate of drug-likeness (QED) is 0.886. The molecule has 0 atom stereocenters. The van der Waals surface area contributed by atoms with Crippen LogP contribution in [0.1, 0.15) is 20.8 Å². The molecule has 1 rings (SSSR count). The van der Waals surface area contributed by atoms with Gasteiger partial charge in [0.05, 0.1) is 12.8 Å². The molecule has 1 N–H and O–H groups in total. The van der Waals surface area contributed by atoms with E-state index in [9.17, 15) is 4.79 Å². The Hall–Kier alpha value is -1.49. The molecule has 1 aromatic heterocycles. The maximum absolute atomic E-state index is 11.5. The fourth-order valence-corrected chi connectivity index (χ4v) is 1.31. The molecule has 1 heterocycles. The monoisotopic (exact) mass is 258 g/mol. The number of carbonyl (C=O) groups excluding carboxylic acids is 1. The largest absolute Gasteiger partial charge is 0.480 e. The number of hydrogen-bond acceptors (Lipinski definition) is 4. The Bertz CT molecular complexity index is 416. The summed E-state index contributed by atoms with van der Waals surface area (Å²) >= 11 is 5.97. The Kier molecular flexibility index (Phi) is 4.17. The summed E-state index contributed by atoms with van der Waals surface area (Å²) in [5.41, 5.74) is -0.166. The molecule has 6 heteroatoms. The van der Waals surface area contributed by atoms with E-state index < -0.39 is 11.7 Å². The highest BCUT2D eigenvalue weighted by Gasteiger charge is 2.18. The molecule has 0 saturated carbocycles. The number of aromatic nitrogens is 1. The molecule has 0 aliphatic rings. The van der Waals surface area contributed by atoms with Crippen molar-refractivity contribution in [1.29, 1.82) is 0 Å².